The molecule has 3 nitrogen and oxygen atoms in total. The zero-order valence-corrected chi connectivity index (χ0v) is 12.7. The number of likely N-dealkylation sites (N-methyl/N-ethyl adjacent to an activating group) is 1. The van der Waals surface area contributed by atoms with E-state index in [2.05, 4.69) is 42.8 Å². The van der Waals surface area contributed by atoms with E-state index in [1.165, 1.54) is 24.8 Å². The fourth-order valence-corrected chi connectivity index (χ4v) is 2.76. The second-order valence-electron chi connectivity index (χ2n) is 5.26. The third kappa shape index (κ3) is 4.29. The molecule has 0 radical (unpaired) electrons. The highest BCUT2D eigenvalue weighted by Crippen LogP contribution is 2.27. The summed E-state index contributed by atoms with van der Waals surface area (Å²) in [6, 6.07) is 4.19. The molecular weight excluding hydrogens is 234 g/mol. The number of hydrogen-bond acceptors (Lipinski definition) is 3. The maximum Gasteiger partial charge on any atom is 0.0332 e. The van der Waals surface area contributed by atoms with E-state index < -0.39 is 0 Å². The lowest BCUT2D eigenvalue weighted by atomic mass is 9.87. The summed E-state index contributed by atoms with van der Waals surface area (Å²) in [5, 5.41) is 0. The van der Waals surface area contributed by atoms with Crippen LogP contribution in [0.15, 0.2) is 24.5 Å². The predicted molar refractivity (Wildman–Crippen MR) is 81.9 cm³/mol. The molecule has 0 saturated carbocycles. The van der Waals surface area contributed by atoms with Crippen LogP contribution in [-0.2, 0) is 6.54 Å². The molecule has 1 heterocycles. The number of pyridine rings is 1. The number of nitrogens with two attached hydrogens (primary N) is 1. The van der Waals surface area contributed by atoms with E-state index in [1.54, 1.807) is 0 Å². The summed E-state index contributed by atoms with van der Waals surface area (Å²) >= 11 is 0. The maximum atomic E-state index is 6.14. The minimum absolute atomic E-state index is 0.147. The van der Waals surface area contributed by atoms with Gasteiger partial charge < -0.3 is 5.73 Å². The fraction of sp³-hybridized carbons (Fsp3) is 0.688. The lowest BCUT2D eigenvalue weighted by Crippen LogP contribution is -2.53. The molecule has 0 amide bonds. The number of hydrogen-bond donors (Lipinski definition) is 1. The highest BCUT2D eigenvalue weighted by molar-refractivity contribution is 5.10. The molecule has 1 atom stereocenters. The Balaban J connectivity index is 2.83. The molecule has 1 unspecified atom stereocenters. The van der Waals surface area contributed by atoms with Crippen molar-refractivity contribution in [1.29, 1.82) is 0 Å². The van der Waals surface area contributed by atoms with Gasteiger partial charge in [-0.25, -0.2) is 0 Å². The second-order valence-corrected chi connectivity index (χ2v) is 5.26. The van der Waals surface area contributed by atoms with Crippen LogP contribution in [0.1, 0.15) is 52.0 Å². The van der Waals surface area contributed by atoms with E-state index in [9.17, 15) is 0 Å². The maximum absolute atomic E-state index is 6.14. The topological polar surface area (TPSA) is 42.1 Å². The highest BCUT2D eigenvalue weighted by atomic mass is 15.2. The van der Waals surface area contributed by atoms with E-state index in [4.69, 9.17) is 5.73 Å². The molecule has 1 aromatic heterocycles. The van der Waals surface area contributed by atoms with Gasteiger partial charge in [-0.15, -0.1) is 0 Å². The summed E-state index contributed by atoms with van der Waals surface area (Å²) in [7, 11) is 0. The first-order valence-corrected chi connectivity index (χ1v) is 7.56. The van der Waals surface area contributed by atoms with Crippen LogP contribution in [0, 0.1) is 0 Å². The molecule has 19 heavy (non-hydrogen) atoms. The second kappa shape index (κ2) is 8.28. The van der Waals surface area contributed by atoms with Gasteiger partial charge in [0.05, 0.1) is 0 Å². The zero-order chi connectivity index (χ0) is 14.1. The molecule has 0 aliphatic rings. The van der Waals surface area contributed by atoms with Crippen molar-refractivity contribution >= 4 is 0 Å². The fourth-order valence-electron chi connectivity index (χ4n) is 2.76. The Morgan fingerprint density at radius 2 is 1.89 bits per heavy atom. The molecule has 0 bridgehead atoms. The van der Waals surface area contributed by atoms with Crippen molar-refractivity contribution in [1.82, 2.24) is 9.88 Å². The summed E-state index contributed by atoms with van der Waals surface area (Å²) in [5.74, 6) is 0. The Morgan fingerprint density at radius 1 is 1.21 bits per heavy atom. The molecule has 0 saturated heterocycles. The van der Waals surface area contributed by atoms with Crippen LogP contribution in [0.25, 0.3) is 0 Å². The van der Waals surface area contributed by atoms with Crippen LogP contribution < -0.4 is 5.73 Å². The number of unbranched alkanes of at least 4 members (excludes halogenated alkanes) is 1. The minimum Gasteiger partial charge on any atom is -0.329 e. The van der Waals surface area contributed by atoms with Crippen LogP contribution in [0.5, 0.6) is 0 Å². The summed E-state index contributed by atoms with van der Waals surface area (Å²) in [6.45, 7) is 9.48. The standard InChI is InChI=1S/C16H29N3/c1-4-7-10-16(5-2,14-17)19(6-3)13-15-8-11-18-12-9-15/h8-9,11-12H,4-7,10,13-14,17H2,1-3H3. The average molecular weight is 263 g/mol. The van der Waals surface area contributed by atoms with Gasteiger partial charge >= 0.3 is 0 Å². The van der Waals surface area contributed by atoms with Crippen LogP contribution in [0.3, 0.4) is 0 Å². The summed E-state index contributed by atoms with van der Waals surface area (Å²) in [6.07, 6.45) is 8.51. The molecule has 0 aliphatic heterocycles. The molecule has 0 fully saturated rings. The van der Waals surface area contributed by atoms with Gasteiger partial charge in [0.15, 0.2) is 0 Å². The smallest absolute Gasteiger partial charge is 0.0332 e. The first-order valence-electron chi connectivity index (χ1n) is 7.56. The van der Waals surface area contributed by atoms with Gasteiger partial charge in [0.25, 0.3) is 0 Å². The van der Waals surface area contributed by atoms with Gasteiger partial charge in [0.1, 0.15) is 0 Å². The van der Waals surface area contributed by atoms with E-state index >= 15 is 0 Å². The molecular formula is C16H29N3. The molecule has 3 heteroatoms. The molecule has 0 aromatic carbocycles. The lowest BCUT2D eigenvalue weighted by molar-refractivity contribution is 0.0759. The van der Waals surface area contributed by atoms with Crippen molar-refractivity contribution < 1.29 is 0 Å². The zero-order valence-electron chi connectivity index (χ0n) is 12.7. The average Bonchev–Trinajstić information content (AvgIpc) is 2.48. The Hall–Kier alpha value is -0.930. The summed E-state index contributed by atoms with van der Waals surface area (Å²) in [5.41, 5.74) is 7.60. The van der Waals surface area contributed by atoms with Gasteiger partial charge in [-0.05, 0) is 37.1 Å². The van der Waals surface area contributed by atoms with Crippen molar-refractivity contribution in [3.8, 4) is 0 Å². The van der Waals surface area contributed by atoms with Gasteiger partial charge in [-0.2, -0.15) is 0 Å². The molecule has 0 spiro atoms. The van der Waals surface area contributed by atoms with E-state index in [0.29, 0.717) is 0 Å². The van der Waals surface area contributed by atoms with Crippen molar-refractivity contribution in [2.75, 3.05) is 13.1 Å². The molecule has 1 rings (SSSR count). The SMILES string of the molecule is CCCCC(CC)(CN)N(CC)Cc1ccncc1. The van der Waals surface area contributed by atoms with Crippen molar-refractivity contribution in [3.05, 3.63) is 30.1 Å². The Bertz CT molecular complexity index is 333. The van der Waals surface area contributed by atoms with Gasteiger partial charge in [-0.1, -0.05) is 33.6 Å². The molecule has 108 valence electrons. The Morgan fingerprint density at radius 3 is 2.37 bits per heavy atom. The number of nitrogens with zero attached hydrogens (tertiary/aromatic N) is 2. The van der Waals surface area contributed by atoms with E-state index in [-0.39, 0.29) is 5.54 Å². The lowest BCUT2D eigenvalue weighted by Gasteiger charge is -2.43. The normalized spacial score (nSPS) is 14.6. The van der Waals surface area contributed by atoms with Crippen molar-refractivity contribution in [2.45, 2.75) is 58.5 Å². The van der Waals surface area contributed by atoms with Crippen LogP contribution in [0.4, 0.5) is 0 Å². The quantitative estimate of drug-likeness (QED) is 0.744. The van der Waals surface area contributed by atoms with Crippen molar-refractivity contribution in [2.24, 2.45) is 5.73 Å². The van der Waals surface area contributed by atoms with Crippen LogP contribution in [0.2, 0.25) is 0 Å². The van der Waals surface area contributed by atoms with Crippen LogP contribution in [-0.4, -0.2) is 28.5 Å². The Labute approximate surface area is 118 Å². The van der Waals surface area contributed by atoms with Gasteiger partial charge in [0.2, 0.25) is 0 Å². The predicted octanol–water partition coefficient (Wildman–Crippen LogP) is 3.20. The minimum atomic E-state index is 0.147. The van der Waals surface area contributed by atoms with E-state index in [1.807, 2.05) is 12.4 Å². The largest absolute Gasteiger partial charge is 0.329 e. The number of rotatable bonds is 9. The summed E-state index contributed by atoms with van der Waals surface area (Å²) in [4.78, 5) is 6.63. The van der Waals surface area contributed by atoms with Crippen LogP contribution >= 0.6 is 0 Å². The summed E-state index contributed by atoms with van der Waals surface area (Å²) < 4.78 is 0. The molecule has 1 aromatic rings. The molecule has 0 aliphatic carbocycles. The number of aromatic nitrogens is 1. The van der Waals surface area contributed by atoms with Gasteiger partial charge in [0, 0.05) is 31.0 Å². The third-order valence-corrected chi connectivity index (χ3v) is 4.21. The van der Waals surface area contributed by atoms with Crippen molar-refractivity contribution in [3.63, 3.8) is 0 Å². The first kappa shape index (κ1) is 16.1. The van der Waals surface area contributed by atoms with E-state index in [0.717, 1.165) is 26.1 Å². The molecule has 2 N–H and O–H groups in total. The first-order chi connectivity index (χ1) is 9.22. The highest BCUT2D eigenvalue weighted by Gasteiger charge is 2.32. The monoisotopic (exact) mass is 263 g/mol. The Kier molecular flexibility index (Phi) is 7.03. The third-order valence-electron chi connectivity index (χ3n) is 4.21. The van der Waals surface area contributed by atoms with Gasteiger partial charge in [-0.3, -0.25) is 9.88 Å².